The average Bonchev–Trinajstić information content (AvgIpc) is 2.73. The Morgan fingerprint density at radius 3 is 2.46 bits per heavy atom. The molecule has 2 aromatic carbocycles. The zero-order valence-corrected chi connectivity index (χ0v) is 16.4. The van der Waals surface area contributed by atoms with E-state index in [1.807, 2.05) is 30.3 Å². The van der Waals surface area contributed by atoms with Crippen molar-refractivity contribution in [1.29, 1.82) is 0 Å². The molecule has 28 heavy (non-hydrogen) atoms. The van der Waals surface area contributed by atoms with Gasteiger partial charge in [-0.05, 0) is 30.5 Å². The fourth-order valence-corrected chi connectivity index (χ4v) is 3.45. The number of hydrogen-bond donors (Lipinski definition) is 2. The minimum Gasteiger partial charge on any atom is -0.370 e. The summed E-state index contributed by atoms with van der Waals surface area (Å²) in [5.41, 5.74) is 7.94. The number of rotatable bonds is 8. The topological polar surface area (TPSA) is 56.9 Å². The van der Waals surface area contributed by atoms with E-state index in [0.29, 0.717) is 11.6 Å². The molecule has 1 heterocycles. The quantitative estimate of drug-likeness (QED) is 0.418. The fraction of sp³-hybridized carbons (Fsp3) is 0.409. The summed E-state index contributed by atoms with van der Waals surface area (Å²) in [6, 6.07) is 17.3. The van der Waals surface area contributed by atoms with Gasteiger partial charge in [0, 0.05) is 45.8 Å². The molecule has 0 aromatic heterocycles. The zero-order valence-electron chi connectivity index (χ0n) is 16.4. The highest BCUT2D eigenvalue weighted by Gasteiger charge is 2.18. The number of para-hydroxylation sites is 1. The first-order valence-electron chi connectivity index (χ1n) is 10.0. The normalized spacial score (nSPS) is 15.6. The van der Waals surface area contributed by atoms with Crippen molar-refractivity contribution in [2.45, 2.75) is 12.8 Å². The van der Waals surface area contributed by atoms with Crippen molar-refractivity contribution in [3.8, 4) is 0 Å². The van der Waals surface area contributed by atoms with Gasteiger partial charge in [-0.1, -0.05) is 42.5 Å². The highest BCUT2D eigenvalue weighted by atomic mass is 19.1. The van der Waals surface area contributed by atoms with Crippen LogP contribution in [0.4, 0.5) is 10.1 Å². The van der Waals surface area contributed by atoms with Gasteiger partial charge in [-0.3, -0.25) is 9.89 Å². The second kappa shape index (κ2) is 10.7. The van der Waals surface area contributed by atoms with Crippen LogP contribution in [0, 0.1) is 5.82 Å². The van der Waals surface area contributed by atoms with Crippen LogP contribution in [0.2, 0.25) is 0 Å². The number of piperazine rings is 1. The highest BCUT2D eigenvalue weighted by Crippen LogP contribution is 2.20. The van der Waals surface area contributed by atoms with Gasteiger partial charge in [-0.2, -0.15) is 0 Å². The summed E-state index contributed by atoms with van der Waals surface area (Å²) in [5, 5.41) is 3.17. The van der Waals surface area contributed by atoms with Crippen molar-refractivity contribution in [2.24, 2.45) is 10.7 Å². The van der Waals surface area contributed by atoms with E-state index in [1.165, 1.54) is 11.6 Å². The molecule has 0 bridgehead atoms. The first-order valence-corrected chi connectivity index (χ1v) is 10.0. The number of benzene rings is 2. The number of nitrogens with zero attached hydrogens (tertiary/aromatic N) is 3. The average molecular weight is 384 g/mol. The molecule has 0 aliphatic carbocycles. The van der Waals surface area contributed by atoms with Gasteiger partial charge >= 0.3 is 0 Å². The lowest BCUT2D eigenvalue weighted by Crippen LogP contribution is -2.47. The van der Waals surface area contributed by atoms with Crippen LogP contribution in [0.3, 0.4) is 0 Å². The molecule has 150 valence electrons. The molecule has 1 aliphatic heterocycles. The lowest BCUT2D eigenvalue weighted by Gasteiger charge is -2.36. The number of nitrogens with one attached hydrogen (secondary N) is 1. The number of aliphatic imine (C=N–C) groups is 1. The Kier molecular flexibility index (Phi) is 7.67. The van der Waals surface area contributed by atoms with Crippen LogP contribution in [-0.4, -0.2) is 56.7 Å². The van der Waals surface area contributed by atoms with Gasteiger partial charge in [0.1, 0.15) is 5.82 Å². The molecule has 0 unspecified atom stereocenters. The van der Waals surface area contributed by atoms with Gasteiger partial charge < -0.3 is 16.0 Å². The summed E-state index contributed by atoms with van der Waals surface area (Å²) in [6.45, 7) is 6.10. The molecule has 0 amide bonds. The van der Waals surface area contributed by atoms with Crippen LogP contribution in [0.25, 0.3) is 0 Å². The van der Waals surface area contributed by atoms with E-state index >= 15 is 0 Å². The number of halogens is 1. The maximum absolute atomic E-state index is 13.9. The van der Waals surface area contributed by atoms with Crippen molar-refractivity contribution < 1.29 is 4.39 Å². The predicted molar refractivity (Wildman–Crippen MR) is 114 cm³/mol. The van der Waals surface area contributed by atoms with E-state index in [1.54, 1.807) is 6.07 Å². The fourth-order valence-electron chi connectivity index (χ4n) is 3.45. The number of hydrogen-bond acceptors (Lipinski definition) is 3. The van der Waals surface area contributed by atoms with Crippen LogP contribution in [0.1, 0.15) is 12.0 Å². The van der Waals surface area contributed by atoms with Crippen molar-refractivity contribution in [1.82, 2.24) is 10.2 Å². The molecule has 0 saturated carbocycles. The molecule has 5 nitrogen and oxygen atoms in total. The summed E-state index contributed by atoms with van der Waals surface area (Å²) in [4.78, 5) is 8.94. The Morgan fingerprint density at radius 2 is 1.71 bits per heavy atom. The maximum atomic E-state index is 13.9. The standard InChI is InChI=1S/C22H30FN5/c23-20-9-4-5-10-21(20)28-17-15-27(16-18-28)14-6-12-25-22(24)26-13-11-19-7-2-1-3-8-19/h1-5,7-10H,6,11-18H2,(H3,24,25,26). The Bertz CT molecular complexity index is 742. The monoisotopic (exact) mass is 383 g/mol. The number of anilines is 1. The summed E-state index contributed by atoms with van der Waals surface area (Å²) < 4.78 is 13.9. The van der Waals surface area contributed by atoms with Crippen molar-refractivity contribution in [3.05, 3.63) is 66.0 Å². The molecule has 6 heteroatoms. The molecule has 1 aliphatic rings. The van der Waals surface area contributed by atoms with Crippen molar-refractivity contribution >= 4 is 11.6 Å². The van der Waals surface area contributed by atoms with Gasteiger partial charge in [0.15, 0.2) is 5.96 Å². The minimum atomic E-state index is -0.138. The lowest BCUT2D eigenvalue weighted by molar-refractivity contribution is 0.256. The third kappa shape index (κ3) is 6.23. The molecular formula is C22H30FN5. The van der Waals surface area contributed by atoms with E-state index in [4.69, 9.17) is 5.73 Å². The predicted octanol–water partition coefficient (Wildman–Crippen LogP) is 2.48. The first-order chi connectivity index (χ1) is 13.7. The molecule has 0 spiro atoms. The third-order valence-electron chi connectivity index (χ3n) is 5.04. The highest BCUT2D eigenvalue weighted by molar-refractivity contribution is 5.77. The first kappa shape index (κ1) is 20.1. The second-order valence-corrected chi connectivity index (χ2v) is 7.06. The van der Waals surface area contributed by atoms with E-state index < -0.39 is 0 Å². The molecule has 3 N–H and O–H groups in total. The summed E-state index contributed by atoms with van der Waals surface area (Å²) in [5.74, 6) is 0.376. The summed E-state index contributed by atoms with van der Waals surface area (Å²) >= 11 is 0. The van der Waals surface area contributed by atoms with Crippen molar-refractivity contribution in [2.75, 3.05) is 50.7 Å². The van der Waals surface area contributed by atoms with Gasteiger partial charge in [0.05, 0.1) is 5.69 Å². The van der Waals surface area contributed by atoms with E-state index in [9.17, 15) is 4.39 Å². The van der Waals surface area contributed by atoms with Gasteiger partial charge in [0.2, 0.25) is 0 Å². The molecule has 0 atom stereocenters. The molecule has 1 fully saturated rings. The lowest BCUT2D eigenvalue weighted by atomic mass is 10.1. The second-order valence-electron chi connectivity index (χ2n) is 7.06. The molecule has 3 rings (SSSR count). The van der Waals surface area contributed by atoms with E-state index in [2.05, 4.69) is 32.2 Å². The summed E-state index contributed by atoms with van der Waals surface area (Å²) in [7, 11) is 0. The van der Waals surface area contributed by atoms with E-state index in [-0.39, 0.29) is 5.82 Å². The smallest absolute Gasteiger partial charge is 0.188 e. The van der Waals surface area contributed by atoms with E-state index in [0.717, 1.165) is 58.7 Å². The Balaban J connectivity index is 1.29. The van der Waals surface area contributed by atoms with Crippen LogP contribution < -0.4 is 16.0 Å². The summed E-state index contributed by atoms with van der Waals surface area (Å²) in [6.07, 6.45) is 1.91. The van der Waals surface area contributed by atoms with Crippen LogP contribution >= 0.6 is 0 Å². The number of guanidine groups is 1. The van der Waals surface area contributed by atoms with Gasteiger partial charge in [-0.15, -0.1) is 0 Å². The molecule has 0 radical (unpaired) electrons. The van der Waals surface area contributed by atoms with Crippen LogP contribution in [0.5, 0.6) is 0 Å². The molecule has 1 saturated heterocycles. The SMILES string of the molecule is NC(=NCCCN1CCN(c2ccccc2F)CC1)NCCc1ccccc1. The number of nitrogens with two attached hydrogens (primary N) is 1. The Labute approximate surface area is 167 Å². The van der Waals surface area contributed by atoms with Gasteiger partial charge in [-0.25, -0.2) is 4.39 Å². The zero-order chi connectivity index (χ0) is 19.6. The van der Waals surface area contributed by atoms with Crippen LogP contribution in [-0.2, 0) is 6.42 Å². The molecular weight excluding hydrogens is 353 g/mol. The Hall–Kier alpha value is -2.60. The van der Waals surface area contributed by atoms with Gasteiger partial charge in [0.25, 0.3) is 0 Å². The third-order valence-corrected chi connectivity index (χ3v) is 5.04. The molecule has 2 aromatic rings. The largest absolute Gasteiger partial charge is 0.370 e. The Morgan fingerprint density at radius 1 is 1.00 bits per heavy atom. The van der Waals surface area contributed by atoms with Crippen molar-refractivity contribution in [3.63, 3.8) is 0 Å². The van der Waals surface area contributed by atoms with Crippen LogP contribution in [0.15, 0.2) is 59.6 Å². The maximum Gasteiger partial charge on any atom is 0.188 e. The minimum absolute atomic E-state index is 0.138.